The molecule has 27 heavy (non-hydrogen) atoms. The van der Waals surface area contributed by atoms with Crippen molar-refractivity contribution >= 4 is 23.3 Å². The minimum Gasteiger partial charge on any atom is -0.457 e. The smallest absolute Gasteiger partial charge is 0.269 e. The number of aromatic nitrogens is 1. The Morgan fingerprint density at radius 1 is 0.889 bits per heavy atom. The van der Waals surface area contributed by atoms with Gasteiger partial charge in [-0.1, -0.05) is 6.07 Å². The van der Waals surface area contributed by atoms with Crippen LogP contribution < -0.4 is 9.64 Å². The number of hydrogen-bond donors (Lipinski definition) is 0. The molecule has 0 saturated heterocycles. The van der Waals surface area contributed by atoms with Gasteiger partial charge in [-0.2, -0.15) is 0 Å². The molecule has 8 nitrogen and oxygen atoms in total. The highest BCUT2D eigenvalue weighted by molar-refractivity contribution is 6.34. The number of nitro groups is 1. The summed E-state index contributed by atoms with van der Waals surface area (Å²) in [5, 5.41) is 10.7. The maximum Gasteiger partial charge on any atom is 0.269 e. The van der Waals surface area contributed by atoms with Crippen LogP contribution in [-0.4, -0.2) is 21.7 Å². The quantitative estimate of drug-likeness (QED) is 0.400. The lowest BCUT2D eigenvalue weighted by Crippen LogP contribution is -2.30. The first-order chi connectivity index (χ1) is 13.0. The van der Waals surface area contributed by atoms with E-state index in [4.69, 9.17) is 4.74 Å². The lowest BCUT2D eigenvalue weighted by atomic mass is 10.1. The fourth-order valence-electron chi connectivity index (χ4n) is 2.75. The second kappa shape index (κ2) is 6.34. The highest BCUT2D eigenvalue weighted by Crippen LogP contribution is 2.31. The molecule has 1 aliphatic rings. The molecule has 3 aromatic rings. The molecule has 1 aromatic heterocycles. The summed E-state index contributed by atoms with van der Waals surface area (Å²) in [4.78, 5) is 40.5. The normalized spacial score (nSPS) is 12.8. The van der Waals surface area contributed by atoms with E-state index >= 15 is 0 Å². The lowest BCUT2D eigenvalue weighted by Gasteiger charge is -2.11. The summed E-state index contributed by atoms with van der Waals surface area (Å²) in [6.45, 7) is 0. The Kier molecular flexibility index (Phi) is 3.85. The van der Waals surface area contributed by atoms with Crippen LogP contribution in [0.5, 0.6) is 11.5 Å². The van der Waals surface area contributed by atoms with Gasteiger partial charge in [0, 0.05) is 18.3 Å². The highest BCUT2D eigenvalue weighted by atomic mass is 16.6. The van der Waals surface area contributed by atoms with Gasteiger partial charge >= 0.3 is 0 Å². The minimum absolute atomic E-state index is 0.0527. The maximum atomic E-state index is 12.7. The van der Waals surface area contributed by atoms with Crippen LogP contribution >= 0.6 is 0 Å². The number of amides is 2. The Balaban J connectivity index is 1.62. The van der Waals surface area contributed by atoms with Crippen LogP contribution in [0.3, 0.4) is 0 Å². The number of carbonyl (C=O) groups is 2. The summed E-state index contributed by atoms with van der Waals surface area (Å²) in [5.74, 6) is 0.0329. The van der Waals surface area contributed by atoms with Gasteiger partial charge < -0.3 is 4.74 Å². The fourth-order valence-corrected chi connectivity index (χ4v) is 2.75. The molecule has 0 fully saturated rings. The van der Waals surface area contributed by atoms with Crippen LogP contribution in [0.4, 0.5) is 11.5 Å². The second-order valence-corrected chi connectivity index (χ2v) is 5.69. The minimum atomic E-state index is -0.504. The van der Waals surface area contributed by atoms with E-state index in [1.165, 1.54) is 42.6 Å². The number of non-ortho nitro benzene ring substituents is 1. The van der Waals surface area contributed by atoms with Crippen molar-refractivity contribution in [3.63, 3.8) is 0 Å². The number of fused-ring (bicyclic) bond motifs is 1. The summed E-state index contributed by atoms with van der Waals surface area (Å²) in [5.41, 5.74) is 0.426. The molecule has 0 radical (unpaired) electrons. The van der Waals surface area contributed by atoms with Crippen LogP contribution in [0.2, 0.25) is 0 Å². The largest absolute Gasteiger partial charge is 0.457 e. The molecule has 0 bridgehead atoms. The molecule has 2 heterocycles. The molecule has 132 valence electrons. The highest BCUT2D eigenvalue weighted by Gasteiger charge is 2.37. The van der Waals surface area contributed by atoms with Gasteiger partial charge in [0.2, 0.25) is 0 Å². The zero-order valence-corrected chi connectivity index (χ0v) is 13.7. The zero-order chi connectivity index (χ0) is 19.0. The molecule has 0 spiro atoms. The van der Waals surface area contributed by atoms with Gasteiger partial charge in [0.1, 0.15) is 17.3 Å². The van der Waals surface area contributed by atoms with Gasteiger partial charge in [-0.3, -0.25) is 19.7 Å². The molecule has 0 saturated carbocycles. The monoisotopic (exact) mass is 361 g/mol. The van der Waals surface area contributed by atoms with Crippen LogP contribution in [0.1, 0.15) is 20.7 Å². The van der Waals surface area contributed by atoms with E-state index in [1.54, 1.807) is 24.3 Å². The Morgan fingerprint density at radius 3 is 2.26 bits per heavy atom. The van der Waals surface area contributed by atoms with Gasteiger partial charge in [-0.15, -0.1) is 0 Å². The molecule has 0 unspecified atom stereocenters. The fraction of sp³-hybridized carbons (Fsp3) is 0. The average Bonchev–Trinajstić information content (AvgIpc) is 2.93. The Labute approximate surface area is 152 Å². The lowest BCUT2D eigenvalue weighted by molar-refractivity contribution is -0.384. The van der Waals surface area contributed by atoms with Crippen LogP contribution in [0.25, 0.3) is 0 Å². The first-order valence-corrected chi connectivity index (χ1v) is 7.91. The topological polar surface area (TPSA) is 103 Å². The van der Waals surface area contributed by atoms with Gasteiger partial charge in [-0.05, 0) is 42.5 Å². The number of nitro benzene ring substituents is 1. The zero-order valence-electron chi connectivity index (χ0n) is 13.7. The number of pyridine rings is 1. The summed E-state index contributed by atoms with van der Waals surface area (Å²) in [6.07, 6.45) is 1.50. The Bertz CT molecular complexity index is 1060. The number of hydrogen-bond acceptors (Lipinski definition) is 6. The molecule has 4 rings (SSSR count). The van der Waals surface area contributed by atoms with E-state index in [0.717, 1.165) is 4.90 Å². The maximum absolute atomic E-state index is 12.7. The van der Waals surface area contributed by atoms with Crippen molar-refractivity contribution in [1.29, 1.82) is 0 Å². The van der Waals surface area contributed by atoms with Gasteiger partial charge in [0.15, 0.2) is 0 Å². The molecule has 2 aromatic carbocycles. The van der Waals surface area contributed by atoms with Crippen molar-refractivity contribution in [2.45, 2.75) is 0 Å². The predicted octanol–water partition coefficient (Wildman–Crippen LogP) is 3.58. The Morgan fingerprint density at radius 2 is 1.59 bits per heavy atom. The third-order valence-electron chi connectivity index (χ3n) is 4.02. The van der Waals surface area contributed by atoms with Crippen LogP contribution in [0.15, 0.2) is 66.9 Å². The average molecular weight is 361 g/mol. The Hall–Kier alpha value is -4.07. The van der Waals surface area contributed by atoms with E-state index in [2.05, 4.69) is 4.98 Å². The first kappa shape index (κ1) is 16.4. The third kappa shape index (κ3) is 2.89. The number of rotatable bonds is 4. The third-order valence-corrected chi connectivity index (χ3v) is 4.02. The van der Waals surface area contributed by atoms with E-state index < -0.39 is 16.7 Å². The molecule has 0 N–H and O–H groups in total. The van der Waals surface area contributed by atoms with E-state index in [9.17, 15) is 19.7 Å². The molecular formula is C19H11N3O5. The molecule has 1 aliphatic heterocycles. The number of ether oxygens (including phenoxy) is 1. The van der Waals surface area contributed by atoms with Crippen molar-refractivity contribution in [3.05, 3.63) is 88.1 Å². The SMILES string of the molecule is O=C1c2ccc(Oc3ccc([N+](=O)[O-])cc3)cc2C(=O)N1c1ccccn1. The molecule has 0 atom stereocenters. The summed E-state index contributed by atoms with van der Waals surface area (Å²) >= 11 is 0. The van der Waals surface area contributed by atoms with Crippen LogP contribution in [0, 0.1) is 10.1 Å². The van der Waals surface area contributed by atoms with Gasteiger partial charge in [0.25, 0.3) is 17.5 Å². The standard InChI is InChI=1S/C19H11N3O5/c23-18-15-9-8-14(27-13-6-4-12(5-7-13)22(25)26)11-16(15)19(24)21(18)17-3-1-2-10-20-17/h1-11H. The number of nitrogens with zero attached hydrogens (tertiary/aromatic N) is 3. The summed E-state index contributed by atoms with van der Waals surface area (Å²) in [6, 6.07) is 15.1. The van der Waals surface area contributed by atoms with Crippen molar-refractivity contribution in [3.8, 4) is 11.5 Å². The van der Waals surface area contributed by atoms with E-state index in [-0.39, 0.29) is 22.6 Å². The number of anilines is 1. The number of benzene rings is 2. The number of carbonyl (C=O) groups excluding carboxylic acids is 2. The predicted molar refractivity (Wildman–Crippen MR) is 95.0 cm³/mol. The van der Waals surface area contributed by atoms with Gasteiger partial charge in [0.05, 0.1) is 16.1 Å². The summed E-state index contributed by atoms with van der Waals surface area (Å²) in [7, 11) is 0. The second-order valence-electron chi connectivity index (χ2n) is 5.69. The molecular weight excluding hydrogens is 350 g/mol. The van der Waals surface area contributed by atoms with Crippen LogP contribution in [-0.2, 0) is 0 Å². The summed E-state index contributed by atoms with van der Waals surface area (Å²) < 4.78 is 5.64. The van der Waals surface area contributed by atoms with Crippen molar-refractivity contribution in [1.82, 2.24) is 4.98 Å². The first-order valence-electron chi connectivity index (χ1n) is 7.91. The molecule has 0 aliphatic carbocycles. The van der Waals surface area contributed by atoms with Gasteiger partial charge in [-0.25, -0.2) is 9.88 Å². The molecule has 8 heteroatoms. The van der Waals surface area contributed by atoms with E-state index in [0.29, 0.717) is 11.5 Å². The van der Waals surface area contributed by atoms with E-state index in [1.807, 2.05) is 0 Å². The van der Waals surface area contributed by atoms with Crippen molar-refractivity contribution in [2.75, 3.05) is 4.90 Å². The molecule has 2 amide bonds. The van der Waals surface area contributed by atoms with Crippen molar-refractivity contribution < 1.29 is 19.2 Å². The van der Waals surface area contributed by atoms with Crippen molar-refractivity contribution in [2.24, 2.45) is 0 Å². The number of imide groups is 1.